The number of benzene rings is 1. The predicted octanol–water partition coefficient (Wildman–Crippen LogP) is 0.306. The van der Waals surface area contributed by atoms with Crippen LogP contribution in [-0.2, 0) is 14.3 Å². The first-order valence-electron chi connectivity index (χ1n) is 7.41. The van der Waals surface area contributed by atoms with E-state index >= 15 is 0 Å². The predicted molar refractivity (Wildman–Crippen MR) is 83.2 cm³/mol. The van der Waals surface area contributed by atoms with Crippen LogP contribution < -0.4 is 0 Å². The molecule has 0 aliphatic carbocycles. The van der Waals surface area contributed by atoms with Crippen molar-refractivity contribution in [1.29, 1.82) is 5.26 Å². The summed E-state index contributed by atoms with van der Waals surface area (Å²) in [5.41, 5.74) is -1.79. The molecule has 0 radical (unpaired) electrons. The third kappa shape index (κ3) is 3.41. The zero-order chi connectivity index (χ0) is 18.8. The van der Waals surface area contributed by atoms with E-state index in [1.165, 1.54) is 12.1 Å². The molecule has 0 saturated heterocycles. The molecule has 0 unspecified atom stereocenters. The van der Waals surface area contributed by atoms with E-state index in [1.807, 2.05) is 0 Å². The highest BCUT2D eigenvalue weighted by atomic mass is 16.5. The lowest BCUT2D eigenvalue weighted by Crippen LogP contribution is -2.45. The van der Waals surface area contributed by atoms with Crippen LogP contribution >= 0.6 is 0 Å². The molecule has 1 aromatic carbocycles. The number of fused-ring (bicyclic) bond motifs is 1. The number of Topliss-reactive ketones (excluding diaryl/α,β-unsaturated/α-hetero) is 1. The summed E-state index contributed by atoms with van der Waals surface area (Å²) in [6, 6.07) is 7.68. The van der Waals surface area contributed by atoms with Gasteiger partial charge in [0.1, 0.15) is 0 Å². The first-order valence-corrected chi connectivity index (χ1v) is 7.41. The highest BCUT2D eigenvalue weighted by Gasteiger charge is 2.43. The van der Waals surface area contributed by atoms with Gasteiger partial charge in [-0.05, 0) is 19.1 Å². The number of hydrogen-bond acceptors (Lipinski definition) is 7. The zero-order valence-electron chi connectivity index (χ0n) is 13.7. The highest BCUT2D eigenvalue weighted by molar-refractivity contribution is 6.22. The molecule has 0 aromatic heterocycles. The Balaban J connectivity index is 2.25. The molecule has 1 aliphatic rings. The molecular weight excluding hydrogens is 328 g/mol. The fraction of sp³-hybridized carbons (Fsp3) is 0.353. The second-order valence-electron chi connectivity index (χ2n) is 5.80. The van der Waals surface area contributed by atoms with Crippen molar-refractivity contribution < 1.29 is 29.0 Å². The minimum absolute atomic E-state index is 0.178. The maximum atomic E-state index is 12.5. The number of ether oxygens (including phenoxy) is 1. The van der Waals surface area contributed by atoms with Gasteiger partial charge in [0.2, 0.25) is 0 Å². The summed E-state index contributed by atoms with van der Waals surface area (Å²) < 4.78 is 4.47. The number of carbonyl (C=O) groups excluding carboxylic acids is 4. The lowest BCUT2D eigenvalue weighted by atomic mass is 9.84. The Morgan fingerprint density at radius 3 is 2.24 bits per heavy atom. The van der Waals surface area contributed by atoms with E-state index < -0.39 is 48.1 Å². The van der Waals surface area contributed by atoms with Gasteiger partial charge in [-0.25, -0.2) is 0 Å². The van der Waals surface area contributed by atoms with E-state index in [1.54, 1.807) is 18.2 Å². The average molecular weight is 344 g/mol. The Hall–Kier alpha value is -3.05. The average Bonchev–Trinajstić information content (AvgIpc) is 2.84. The number of amides is 2. The van der Waals surface area contributed by atoms with E-state index in [4.69, 9.17) is 5.26 Å². The molecule has 2 amide bonds. The molecule has 1 N–H and O–H groups in total. The van der Waals surface area contributed by atoms with Crippen molar-refractivity contribution >= 4 is 23.6 Å². The van der Waals surface area contributed by atoms with Crippen molar-refractivity contribution in [2.45, 2.75) is 18.9 Å². The molecule has 1 heterocycles. The van der Waals surface area contributed by atoms with Crippen LogP contribution in [0.2, 0.25) is 0 Å². The van der Waals surface area contributed by atoms with Crippen LogP contribution in [-0.4, -0.2) is 52.8 Å². The summed E-state index contributed by atoms with van der Waals surface area (Å²) in [6.07, 6.45) is -0.543. The van der Waals surface area contributed by atoms with Crippen molar-refractivity contribution in [3.63, 3.8) is 0 Å². The summed E-state index contributed by atoms with van der Waals surface area (Å²) in [6.45, 7) is 0.437. The van der Waals surface area contributed by atoms with Crippen LogP contribution in [0.1, 0.15) is 34.1 Å². The molecule has 2 rings (SSSR count). The molecule has 8 heteroatoms. The molecule has 8 nitrogen and oxygen atoms in total. The number of hydrogen-bond donors (Lipinski definition) is 1. The van der Waals surface area contributed by atoms with Crippen molar-refractivity contribution in [3.05, 3.63) is 35.4 Å². The summed E-state index contributed by atoms with van der Waals surface area (Å²) in [4.78, 5) is 49.4. The van der Waals surface area contributed by atoms with Gasteiger partial charge in [0.05, 0.1) is 43.2 Å². The normalized spacial score (nSPS) is 16.6. The minimum atomic E-state index is -2.15. The number of ketones is 1. The SMILES string of the molecule is COC(=O)C[C@@H](C(=O)CN1C(=O)c2ccccc2C1=O)[C@](C)(O)C#N. The molecule has 1 aromatic rings. The number of carbonyl (C=O) groups is 4. The number of nitrogens with zero attached hydrogens (tertiary/aromatic N) is 2. The quantitative estimate of drug-likeness (QED) is 0.447. The van der Waals surface area contributed by atoms with E-state index in [-0.39, 0.29) is 11.1 Å². The van der Waals surface area contributed by atoms with Crippen molar-refractivity contribution in [1.82, 2.24) is 4.90 Å². The standard InChI is InChI=1S/C17H16N2O6/c1-17(24,9-18)12(7-14(21)25-2)13(20)8-19-15(22)10-5-3-4-6-11(10)16(19)23/h3-6,12,24H,7-8H2,1-2H3/t12-,17+/m0/s1. The number of imide groups is 1. The van der Waals surface area contributed by atoms with Crippen molar-refractivity contribution in [2.75, 3.05) is 13.7 Å². The number of rotatable bonds is 6. The van der Waals surface area contributed by atoms with Gasteiger partial charge in [-0.1, -0.05) is 12.1 Å². The fourth-order valence-electron chi connectivity index (χ4n) is 2.60. The Bertz CT molecular complexity index is 758. The van der Waals surface area contributed by atoms with Crippen LogP contribution in [0, 0.1) is 17.2 Å². The van der Waals surface area contributed by atoms with E-state index in [0.717, 1.165) is 18.9 Å². The van der Waals surface area contributed by atoms with Gasteiger partial charge in [0.25, 0.3) is 11.8 Å². The first-order chi connectivity index (χ1) is 11.7. The van der Waals surface area contributed by atoms with Crippen molar-refractivity contribution in [3.8, 4) is 6.07 Å². The number of nitriles is 1. The van der Waals surface area contributed by atoms with Crippen molar-refractivity contribution in [2.24, 2.45) is 5.92 Å². The van der Waals surface area contributed by atoms with Gasteiger partial charge < -0.3 is 9.84 Å². The zero-order valence-corrected chi connectivity index (χ0v) is 13.7. The molecular formula is C17H16N2O6. The van der Waals surface area contributed by atoms with E-state index in [9.17, 15) is 24.3 Å². The lowest BCUT2D eigenvalue weighted by molar-refractivity contribution is -0.147. The van der Waals surface area contributed by atoms with Crippen LogP contribution in [0.25, 0.3) is 0 Å². The maximum absolute atomic E-state index is 12.5. The molecule has 0 bridgehead atoms. The lowest BCUT2D eigenvalue weighted by Gasteiger charge is -2.26. The molecule has 1 aliphatic heterocycles. The monoisotopic (exact) mass is 344 g/mol. The first kappa shape index (κ1) is 18.3. The number of aliphatic hydroxyl groups is 1. The van der Waals surface area contributed by atoms with Gasteiger partial charge in [-0.3, -0.25) is 24.1 Å². The third-order valence-corrected chi connectivity index (χ3v) is 4.08. The Kier molecular flexibility index (Phi) is 4.99. The van der Waals surface area contributed by atoms with Gasteiger partial charge in [0.15, 0.2) is 11.4 Å². The Morgan fingerprint density at radius 1 is 1.28 bits per heavy atom. The van der Waals surface area contributed by atoms with Crippen LogP contribution in [0.3, 0.4) is 0 Å². The molecule has 0 saturated carbocycles. The third-order valence-electron chi connectivity index (χ3n) is 4.08. The topological polar surface area (TPSA) is 125 Å². The van der Waals surface area contributed by atoms with Crippen LogP contribution in [0.5, 0.6) is 0 Å². The fourth-order valence-corrected chi connectivity index (χ4v) is 2.60. The molecule has 0 spiro atoms. The second-order valence-corrected chi connectivity index (χ2v) is 5.80. The summed E-state index contributed by atoms with van der Waals surface area (Å²) in [5, 5.41) is 19.2. The van der Waals surface area contributed by atoms with E-state index in [0.29, 0.717) is 0 Å². The maximum Gasteiger partial charge on any atom is 0.306 e. The number of esters is 1. The van der Waals surface area contributed by atoms with Gasteiger partial charge in [0, 0.05) is 0 Å². The Labute approximate surface area is 143 Å². The summed E-state index contributed by atoms with van der Waals surface area (Å²) in [7, 11) is 1.11. The minimum Gasteiger partial charge on any atom is -0.469 e. The van der Waals surface area contributed by atoms with Crippen LogP contribution in [0.15, 0.2) is 24.3 Å². The van der Waals surface area contributed by atoms with Gasteiger partial charge in [-0.2, -0.15) is 5.26 Å². The summed E-state index contributed by atoms with van der Waals surface area (Å²) in [5.74, 6) is -4.29. The molecule has 0 fully saturated rings. The summed E-state index contributed by atoms with van der Waals surface area (Å²) >= 11 is 0. The van der Waals surface area contributed by atoms with Crippen LogP contribution in [0.4, 0.5) is 0 Å². The largest absolute Gasteiger partial charge is 0.469 e. The highest BCUT2D eigenvalue weighted by Crippen LogP contribution is 2.26. The van der Waals surface area contributed by atoms with Gasteiger partial charge in [-0.15, -0.1) is 0 Å². The second kappa shape index (κ2) is 6.83. The smallest absolute Gasteiger partial charge is 0.306 e. The Morgan fingerprint density at radius 2 is 1.80 bits per heavy atom. The molecule has 2 atom stereocenters. The molecule has 130 valence electrons. The number of methoxy groups -OCH3 is 1. The molecule has 25 heavy (non-hydrogen) atoms. The van der Waals surface area contributed by atoms with E-state index in [2.05, 4.69) is 4.74 Å². The van der Waals surface area contributed by atoms with Gasteiger partial charge >= 0.3 is 5.97 Å².